The van der Waals surface area contributed by atoms with Gasteiger partial charge in [-0.05, 0) is 38.4 Å². The van der Waals surface area contributed by atoms with Crippen molar-refractivity contribution in [1.82, 2.24) is 14.8 Å². The topological polar surface area (TPSA) is 54.6 Å². The quantitative estimate of drug-likeness (QED) is 0.907. The zero-order valence-corrected chi connectivity index (χ0v) is 12.7. The number of nitrogens with zero attached hydrogens (tertiary/aromatic N) is 3. The molecule has 0 aromatic carbocycles. The summed E-state index contributed by atoms with van der Waals surface area (Å²) in [6, 6.07) is 4.03. The molecule has 2 N–H and O–H groups in total. The van der Waals surface area contributed by atoms with Gasteiger partial charge in [0.25, 0.3) is 0 Å². The van der Waals surface area contributed by atoms with E-state index in [0.29, 0.717) is 11.9 Å². The second kappa shape index (κ2) is 7.20. The molecule has 2 aliphatic rings. The molecule has 5 nitrogen and oxygen atoms in total. The summed E-state index contributed by atoms with van der Waals surface area (Å²) in [7, 11) is 0. The average molecular weight is 290 g/mol. The highest BCUT2D eigenvalue weighted by atomic mass is 16.5. The van der Waals surface area contributed by atoms with Crippen LogP contribution in [0.1, 0.15) is 24.8 Å². The first-order chi connectivity index (χ1) is 10.3. The van der Waals surface area contributed by atoms with Crippen LogP contribution in [0.2, 0.25) is 0 Å². The van der Waals surface area contributed by atoms with Crippen molar-refractivity contribution in [1.29, 1.82) is 0 Å². The Hall–Kier alpha value is -1.17. The van der Waals surface area contributed by atoms with Crippen molar-refractivity contribution < 1.29 is 4.74 Å². The van der Waals surface area contributed by atoms with Gasteiger partial charge in [-0.1, -0.05) is 6.07 Å². The number of nitrogens with two attached hydrogens (primary N) is 1. The maximum atomic E-state index is 6.03. The Morgan fingerprint density at radius 1 is 1.19 bits per heavy atom. The molecule has 2 aliphatic heterocycles. The fraction of sp³-hybridized carbons (Fsp3) is 0.688. The molecule has 1 aromatic rings. The molecular weight excluding hydrogens is 264 g/mol. The maximum absolute atomic E-state index is 6.03. The maximum Gasteiger partial charge on any atom is 0.127 e. The second-order valence-corrected chi connectivity index (χ2v) is 6.14. The third kappa shape index (κ3) is 4.15. The number of hydrogen-bond donors (Lipinski definition) is 1. The van der Waals surface area contributed by atoms with Gasteiger partial charge >= 0.3 is 0 Å². The highest BCUT2D eigenvalue weighted by Crippen LogP contribution is 2.16. The SMILES string of the molecule is Nc1ncccc1CN1CCCOC(CN2CCCC2)C1. The Morgan fingerprint density at radius 3 is 2.81 bits per heavy atom. The number of nitrogen functional groups attached to an aromatic ring is 1. The summed E-state index contributed by atoms with van der Waals surface area (Å²) in [4.78, 5) is 9.18. The lowest BCUT2D eigenvalue weighted by Gasteiger charge is -2.27. The fourth-order valence-corrected chi connectivity index (χ4v) is 3.30. The summed E-state index contributed by atoms with van der Waals surface area (Å²) in [5, 5.41) is 0. The molecule has 3 heterocycles. The van der Waals surface area contributed by atoms with Crippen LogP contribution in [0.15, 0.2) is 18.3 Å². The minimum atomic E-state index is 0.323. The molecule has 2 fully saturated rings. The van der Waals surface area contributed by atoms with E-state index in [2.05, 4.69) is 20.9 Å². The van der Waals surface area contributed by atoms with Gasteiger partial charge in [0, 0.05) is 44.5 Å². The van der Waals surface area contributed by atoms with Gasteiger partial charge in [0.05, 0.1) is 6.10 Å². The van der Waals surface area contributed by atoms with E-state index in [9.17, 15) is 0 Å². The summed E-state index contributed by atoms with van der Waals surface area (Å²) in [5.41, 5.74) is 7.09. The van der Waals surface area contributed by atoms with Gasteiger partial charge in [-0.15, -0.1) is 0 Å². The Balaban J connectivity index is 1.58. The molecule has 1 aromatic heterocycles. The highest BCUT2D eigenvalue weighted by molar-refractivity contribution is 5.38. The lowest BCUT2D eigenvalue weighted by Crippen LogP contribution is -2.39. The molecule has 0 bridgehead atoms. The number of aromatic nitrogens is 1. The van der Waals surface area contributed by atoms with Crippen LogP contribution < -0.4 is 5.73 Å². The van der Waals surface area contributed by atoms with Crippen LogP contribution in [0, 0.1) is 0 Å². The molecular formula is C16H26N4O. The smallest absolute Gasteiger partial charge is 0.127 e. The molecule has 21 heavy (non-hydrogen) atoms. The zero-order chi connectivity index (χ0) is 14.5. The molecule has 1 atom stereocenters. The number of anilines is 1. The predicted molar refractivity (Wildman–Crippen MR) is 84.0 cm³/mol. The largest absolute Gasteiger partial charge is 0.383 e. The summed E-state index contributed by atoms with van der Waals surface area (Å²) < 4.78 is 6.03. The van der Waals surface area contributed by atoms with Crippen molar-refractivity contribution in [3.63, 3.8) is 0 Å². The molecule has 0 radical (unpaired) electrons. The first-order valence-electron chi connectivity index (χ1n) is 8.07. The van der Waals surface area contributed by atoms with Crippen molar-refractivity contribution in [2.24, 2.45) is 0 Å². The lowest BCUT2D eigenvalue weighted by molar-refractivity contribution is 0.0308. The summed E-state index contributed by atoms with van der Waals surface area (Å²) >= 11 is 0. The van der Waals surface area contributed by atoms with Crippen LogP contribution in [-0.2, 0) is 11.3 Å². The molecule has 0 saturated carbocycles. The third-order valence-corrected chi connectivity index (χ3v) is 4.41. The van der Waals surface area contributed by atoms with E-state index in [1.165, 1.54) is 25.9 Å². The summed E-state index contributed by atoms with van der Waals surface area (Å²) in [6.07, 6.45) is 5.84. The van der Waals surface area contributed by atoms with Crippen molar-refractivity contribution >= 4 is 5.82 Å². The van der Waals surface area contributed by atoms with Gasteiger partial charge in [0.1, 0.15) is 5.82 Å². The lowest BCUT2D eigenvalue weighted by atomic mass is 10.2. The molecule has 1 unspecified atom stereocenters. The summed E-state index contributed by atoms with van der Waals surface area (Å²) in [6.45, 7) is 7.34. The van der Waals surface area contributed by atoms with Crippen LogP contribution in [0.25, 0.3) is 0 Å². The molecule has 0 spiro atoms. The summed E-state index contributed by atoms with van der Waals surface area (Å²) in [5.74, 6) is 0.652. The van der Waals surface area contributed by atoms with Crippen molar-refractivity contribution in [3.05, 3.63) is 23.9 Å². The van der Waals surface area contributed by atoms with E-state index in [4.69, 9.17) is 10.5 Å². The second-order valence-electron chi connectivity index (χ2n) is 6.14. The molecule has 2 saturated heterocycles. The minimum Gasteiger partial charge on any atom is -0.383 e. The number of likely N-dealkylation sites (tertiary alicyclic amines) is 1. The number of rotatable bonds is 4. The van der Waals surface area contributed by atoms with Crippen LogP contribution in [0.4, 0.5) is 5.82 Å². The number of ether oxygens (including phenoxy) is 1. The van der Waals surface area contributed by atoms with Crippen LogP contribution >= 0.6 is 0 Å². The van der Waals surface area contributed by atoms with Crippen molar-refractivity contribution in [2.75, 3.05) is 45.1 Å². The van der Waals surface area contributed by atoms with E-state index in [1.807, 2.05) is 6.07 Å². The van der Waals surface area contributed by atoms with Gasteiger partial charge in [-0.3, -0.25) is 4.90 Å². The highest BCUT2D eigenvalue weighted by Gasteiger charge is 2.23. The van der Waals surface area contributed by atoms with Gasteiger partial charge < -0.3 is 15.4 Å². The molecule has 3 rings (SSSR count). The Kier molecular flexibility index (Phi) is 5.06. The van der Waals surface area contributed by atoms with Crippen molar-refractivity contribution in [3.8, 4) is 0 Å². The van der Waals surface area contributed by atoms with Crippen LogP contribution in [-0.4, -0.2) is 60.2 Å². The first-order valence-corrected chi connectivity index (χ1v) is 8.07. The van der Waals surface area contributed by atoms with Crippen LogP contribution in [0.5, 0.6) is 0 Å². The zero-order valence-electron chi connectivity index (χ0n) is 12.7. The standard InChI is InChI=1S/C16H26N4O/c17-16-14(5-3-6-18-16)11-20-9-4-10-21-15(13-20)12-19-7-1-2-8-19/h3,5-6,15H,1-2,4,7-13H2,(H2,17,18). The number of pyridine rings is 1. The van der Waals surface area contributed by atoms with E-state index < -0.39 is 0 Å². The molecule has 5 heteroatoms. The monoisotopic (exact) mass is 290 g/mol. The Morgan fingerprint density at radius 2 is 2.00 bits per heavy atom. The molecule has 0 amide bonds. The van der Waals surface area contributed by atoms with Gasteiger partial charge in [-0.2, -0.15) is 0 Å². The van der Waals surface area contributed by atoms with Gasteiger partial charge in [-0.25, -0.2) is 4.98 Å². The third-order valence-electron chi connectivity index (χ3n) is 4.41. The van der Waals surface area contributed by atoms with E-state index in [0.717, 1.165) is 44.8 Å². The van der Waals surface area contributed by atoms with E-state index >= 15 is 0 Å². The average Bonchev–Trinajstić information content (AvgIpc) is 2.88. The van der Waals surface area contributed by atoms with Crippen LogP contribution in [0.3, 0.4) is 0 Å². The van der Waals surface area contributed by atoms with Crippen molar-refractivity contribution in [2.45, 2.75) is 31.9 Å². The number of hydrogen-bond acceptors (Lipinski definition) is 5. The fourth-order valence-electron chi connectivity index (χ4n) is 3.30. The Bertz CT molecular complexity index is 448. The van der Waals surface area contributed by atoms with Gasteiger partial charge in [0.15, 0.2) is 0 Å². The van der Waals surface area contributed by atoms with E-state index in [-0.39, 0.29) is 0 Å². The van der Waals surface area contributed by atoms with E-state index in [1.54, 1.807) is 6.20 Å². The molecule has 116 valence electrons. The van der Waals surface area contributed by atoms with Gasteiger partial charge in [0.2, 0.25) is 0 Å². The minimum absolute atomic E-state index is 0.323. The first kappa shape index (κ1) is 14.8. The normalized spacial score (nSPS) is 25.0. The predicted octanol–water partition coefficient (Wildman–Crippen LogP) is 1.35. The molecule has 0 aliphatic carbocycles. The Labute approximate surface area is 127 Å².